The summed E-state index contributed by atoms with van der Waals surface area (Å²) in [5, 5.41) is 3.62. The van der Waals surface area contributed by atoms with Crippen LogP contribution in [-0.2, 0) is 0 Å². The second-order valence-electron chi connectivity index (χ2n) is 5.65. The lowest BCUT2D eigenvalue weighted by Crippen LogP contribution is -2.25. The second-order valence-corrected chi connectivity index (χ2v) is 6.63. The van der Waals surface area contributed by atoms with E-state index in [4.69, 9.17) is 0 Å². The van der Waals surface area contributed by atoms with Gasteiger partial charge in [-0.25, -0.2) is 0 Å². The van der Waals surface area contributed by atoms with E-state index in [0.717, 1.165) is 19.0 Å². The summed E-state index contributed by atoms with van der Waals surface area (Å²) >= 11 is 1.96. The van der Waals surface area contributed by atoms with Crippen LogP contribution in [0.1, 0.15) is 44.6 Å². The molecule has 1 nitrogen and oxygen atoms in total. The molecule has 1 rings (SSSR count). The van der Waals surface area contributed by atoms with Crippen molar-refractivity contribution in [2.45, 2.75) is 39.0 Å². The highest BCUT2D eigenvalue weighted by Gasteiger charge is 2.10. The van der Waals surface area contributed by atoms with Gasteiger partial charge in [0.2, 0.25) is 0 Å². The van der Waals surface area contributed by atoms with Crippen LogP contribution in [0.2, 0.25) is 0 Å². The SMILES string of the molecule is CSCCCCC(CNCC(C)C)c1ccccc1. The van der Waals surface area contributed by atoms with Gasteiger partial charge in [0.25, 0.3) is 0 Å². The van der Waals surface area contributed by atoms with Gasteiger partial charge < -0.3 is 5.32 Å². The predicted molar refractivity (Wildman–Crippen MR) is 89.1 cm³/mol. The Morgan fingerprint density at radius 2 is 1.79 bits per heavy atom. The van der Waals surface area contributed by atoms with Crippen LogP contribution in [0.15, 0.2) is 30.3 Å². The third-order valence-electron chi connectivity index (χ3n) is 3.37. The van der Waals surface area contributed by atoms with Gasteiger partial charge >= 0.3 is 0 Å². The van der Waals surface area contributed by atoms with Crippen molar-refractivity contribution in [2.24, 2.45) is 5.92 Å². The Bertz CT molecular complexity index is 310. The minimum Gasteiger partial charge on any atom is -0.316 e. The first-order valence-corrected chi connectivity index (χ1v) is 8.88. The molecule has 19 heavy (non-hydrogen) atoms. The molecule has 0 saturated heterocycles. The normalized spacial score (nSPS) is 12.8. The van der Waals surface area contributed by atoms with Crippen molar-refractivity contribution >= 4 is 11.8 Å². The topological polar surface area (TPSA) is 12.0 Å². The zero-order valence-electron chi connectivity index (χ0n) is 12.7. The molecule has 1 aromatic carbocycles. The van der Waals surface area contributed by atoms with Crippen LogP contribution in [0.4, 0.5) is 0 Å². The quantitative estimate of drug-likeness (QED) is 0.631. The molecule has 0 aromatic heterocycles. The Hall–Kier alpha value is -0.470. The summed E-state index contributed by atoms with van der Waals surface area (Å²) in [6.07, 6.45) is 6.17. The maximum atomic E-state index is 3.62. The van der Waals surface area contributed by atoms with Gasteiger partial charge in [0.15, 0.2) is 0 Å². The van der Waals surface area contributed by atoms with E-state index in [1.165, 1.54) is 30.6 Å². The van der Waals surface area contributed by atoms with Gasteiger partial charge in [0, 0.05) is 6.54 Å². The number of thioether (sulfide) groups is 1. The average Bonchev–Trinajstić information content (AvgIpc) is 2.42. The lowest BCUT2D eigenvalue weighted by Gasteiger charge is -2.19. The van der Waals surface area contributed by atoms with E-state index in [1.807, 2.05) is 11.8 Å². The van der Waals surface area contributed by atoms with Crippen molar-refractivity contribution < 1.29 is 0 Å². The van der Waals surface area contributed by atoms with Gasteiger partial charge in [-0.2, -0.15) is 11.8 Å². The van der Waals surface area contributed by atoms with Crippen LogP contribution < -0.4 is 5.32 Å². The molecule has 0 aliphatic carbocycles. The van der Waals surface area contributed by atoms with Crippen LogP contribution in [0.3, 0.4) is 0 Å². The number of nitrogens with one attached hydrogen (secondary N) is 1. The fourth-order valence-corrected chi connectivity index (χ4v) is 2.79. The lowest BCUT2D eigenvalue weighted by molar-refractivity contribution is 0.491. The van der Waals surface area contributed by atoms with Gasteiger partial charge in [0.1, 0.15) is 0 Å². The van der Waals surface area contributed by atoms with Crippen molar-refractivity contribution in [3.05, 3.63) is 35.9 Å². The van der Waals surface area contributed by atoms with Crippen LogP contribution in [0.5, 0.6) is 0 Å². The molecule has 0 aliphatic rings. The predicted octanol–water partition coefficient (Wildman–Crippen LogP) is 4.55. The van der Waals surface area contributed by atoms with Gasteiger partial charge in [-0.05, 0) is 48.8 Å². The van der Waals surface area contributed by atoms with Crippen LogP contribution >= 0.6 is 11.8 Å². The van der Waals surface area contributed by atoms with Crippen LogP contribution in [-0.4, -0.2) is 25.1 Å². The van der Waals surface area contributed by atoms with E-state index in [1.54, 1.807) is 0 Å². The Kier molecular flexibility index (Phi) is 9.02. The van der Waals surface area contributed by atoms with Gasteiger partial charge in [0.05, 0.1) is 0 Å². The summed E-state index contributed by atoms with van der Waals surface area (Å²) in [5.74, 6) is 2.69. The van der Waals surface area contributed by atoms with E-state index >= 15 is 0 Å². The van der Waals surface area contributed by atoms with E-state index in [0.29, 0.717) is 5.92 Å². The largest absolute Gasteiger partial charge is 0.316 e. The van der Waals surface area contributed by atoms with E-state index in [2.05, 4.69) is 55.8 Å². The zero-order chi connectivity index (χ0) is 13.9. The first-order chi connectivity index (χ1) is 9.24. The molecule has 0 spiro atoms. The first kappa shape index (κ1) is 16.6. The summed E-state index contributed by atoms with van der Waals surface area (Å²) in [6.45, 7) is 6.77. The molecular weight excluding hydrogens is 250 g/mol. The van der Waals surface area contributed by atoms with Gasteiger partial charge in [-0.1, -0.05) is 50.6 Å². The van der Waals surface area contributed by atoms with Crippen molar-refractivity contribution in [1.29, 1.82) is 0 Å². The third-order valence-corrected chi connectivity index (χ3v) is 4.06. The maximum absolute atomic E-state index is 3.62. The summed E-state index contributed by atoms with van der Waals surface area (Å²) in [4.78, 5) is 0. The molecule has 2 heteroatoms. The molecule has 0 bridgehead atoms. The van der Waals surface area contributed by atoms with Gasteiger partial charge in [-0.3, -0.25) is 0 Å². The van der Waals surface area contributed by atoms with Crippen LogP contribution in [0, 0.1) is 5.92 Å². The number of benzene rings is 1. The summed E-state index contributed by atoms with van der Waals surface area (Å²) in [5.41, 5.74) is 1.49. The number of rotatable bonds is 10. The van der Waals surface area contributed by atoms with Gasteiger partial charge in [-0.15, -0.1) is 0 Å². The monoisotopic (exact) mass is 279 g/mol. The lowest BCUT2D eigenvalue weighted by atomic mass is 9.93. The Morgan fingerprint density at radius 3 is 2.42 bits per heavy atom. The van der Waals surface area contributed by atoms with Crippen LogP contribution in [0.25, 0.3) is 0 Å². The molecule has 1 atom stereocenters. The molecule has 1 unspecified atom stereocenters. The minimum absolute atomic E-state index is 0.668. The molecule has 0 aliphatic heterocycles. The molecule has 108 valence electrons. The molecule has 0 amide bonds. The number of hydrogen-bond donors (Lipinski definition) is 1. The molecule has 1 aromatic rings. The van der Waals surface area contributed by atoms with E-state index in [9.17, 15) is 0 Å². The van der Waals surface area contributed by atoms with Crippen molar-refractivity contribution in [3.63, 3.8) is 0 Å². The van der Waals surface area contributed by atoms with Crippen molar-refractivity contribution in [1.82, 2.24) is 5.32 Å². The zero-order valence-corrected chi connectivity index (χ0v) is 13.5. The summed E-state index contributed by atoms with van der Waals surface area (Å²) in [7, 11) is 0. The molecule has 0 saturated carbocycles. The van der Waals surface area contributed by atoms with Crippen molar-refractivity contribution in [2.75, 3.05) is 25.1 Å². The molecule has 1 N–H and O–H groups in total. The molecule has 0 heterocycles. The number of unbranched alkanes of at least 4 members (excludes halogenated alkanes) is 1. The second kappa shape index (κ2) is 10.3. The van der Waals surface area contributed by atoms with Crippen molar-refractivity contribution in [3.8, 4) is 0 Å². The number of hydrogen-bond acceptors (Lipinski definition) is 2. The molecule has 0 fully saturated rings. The smallest absolute Gasteiger partial charge is 0.00202 e. The standard InChI is InChI=1S/C17H29NS/c1-15(2)13-18-14-17(11-7-8-12-19-3)16-9-5-4-6-10-16/h4-6,9-10,15,17-18H,7-8,11-14H2,1-3H3. The maximum Gasteiger partial charge on any atom is 0.00202 e. The van der Waals surface area contributed by atoms with E-state index < -0.39 is 0 Å². The first-order valence-electron chi connectivity index (χ1n) is 7.48. The Balaban J connectivity index is 2.43. The van der Waals surface area contributed by atoms with E-state index in [-0.39, 0.29) is 0 Å². The third kappa shape index (κ3) is 7.64. The average molecular weight is 279 g/mol. The summed E-state index contributed by atoms with van der Waals surface area (Å²) in [6, 6.07) is 11.0. The molecular formula is C17H29NS. The highest BCUT2D eigenvalue weighted by molar-refractivity contribution is 7.98. The Labute approximate surface area is 123 Å². The highest BCUT2D eigenvalue weighted by atomic mass is 32.2. The Morgan fingerprint density at radius 1 is 1.05 bits per heavy atom. The summed E-state index contributed by atoms with van der Waals surface area (Å²) < 4.78 is 0. The minimum atomic E-state index is 0.668. The molecule has 0 radical (unpaired) electrons. The highest BCUT2D eigenvalue weighted by Crippen LogP contribution is 2.21. The fourth-order valence-electron chi connectivity index (χ4n) is 2.30. The fraction of sp³-hybridized carbons (Fsp3) is 0.647.